The van der Waals surface area contributed by atoms with Crippen LogP contribution in [0.4, 0.5) is 10.1 Å². The van der Waals surface area contributed by atoms with Gasteiger partial charge in [-0.15, -0.1) is 0 Å². The molecule has 1 aliphatic heterocycles. The molecule has 4 aromatic carbocycles. The van der Waals surface area contributed by atoms with Crippen molar-refractivity contribution in [3.63, 3.8) is 0 Å². The topological polar surface area (TPSA) is 81.9 Å². The number of amides is 1. The van der Waals surface area contributed by atoms with E-state index in [-0.39, 0.29) is 23.9 Å². The largest absolute Gasteiger partial charge is 0.497 e. The SMILES string of the molecule is COc1cccc([C@H]2C(C(=O)Nc3ccccc3)=C(C)N=c3s/c(=C\c4cc(Br)cc(I)c4OCc4ccc(F)cc4)c(=O)n32)c1. The van der Waals surface area contributed by atoms with E-state index in [0.29, 0.717) is 48.9 Å². The predicted molar refractivity (Wildman–Crippen MR) is 189 cm³/mol. The fourth-order valence-electron chi connectivity index (χ4n) is 5.18. The number of methoxy groups -OCH3 is 1. The van der Waals surface area contributed by atoms with E-state index >= 15 is 0 Å². The van der Waals surface area contributed by atoms with Gasteiger partial charge >= 0.3 is 0 Å². The average Bonchev–Trinajstić information content (AvgIpc) is 3.34. The van der Waals surface area contributed by atoms with Gasteiger partial charge < -0.3 is 14.8 Å². The summed E-state index contributed by atoms with van der Waals surface area (Å²) in [6, 6.07) is 25.7. The minimum atomic E-state index is -0.756. The lowest BCUT2D eigenvalue weighted by atomic mass is 9.95. The molecule has 1 amide bonds. The third-order valence-electron chi connectivity index (χ3n) is 7.33. The zero-order chi connectivity index (χ0) is 32.4. The molecule has 0 unspecified atom stereocenters. The highest BCUT2D eigenvalue weighted by Crippen LogP contribution is 2.33. The molecule has 0 spiro atoms. The van der Waals surface area contributed by atoms with Crippen LogP contribution in [-0.4, -0.2) is 17.6 Å². The summed E-state index contributed by atoms with van der Waals surface area (Å²) in [4.78, 5) is 33.3. The van der Waals surface area contributed by atoms with Crippen LogP contribution in [0.25, 0.3) is 6.08 Å². The monoisotopic (exact) mass is 809 g/mol. The zero-order valence-corrected chi connectivity index (χ0v) is 29.2. The number of hydrogen-bond acceptors (Lipinski definition) is 6. The van der Waals surface area contributed by atoms with Gasteiger partial charge in [0.1, 0.15) is 23.9 Å². The molecule has 7 nitrogen and oxygen atoms in total. The molecule has 1 N–H and O–H groups in total. The van der Waals surface area contributed by atoms with Crippen molar-refractivity contribution in [2.24, 2.45) is 4.99 Å². The summed E-state index contributed by atoms with van der Waals surface area (Å²) in [5.41, 5.74) is 3.40. The lowest BCUT2D eigenvalue weighted by Crippen LogP contribution is -2.40. The zero-order valence-electron chi connectivity index (χ0n) is 24.6. The molecule has 0 fully saturated rings. The molecule has 0 saturated carbocycles. The van der Waals surface area contributed by atoms with Gasteiger partial charge in [0, 0.05) is 15.7 Å². The number of thiazole rings is 1. The van der Waals surface area contributed by atoms with E-state index in [9.17, 15) is 14.0 Å². The predicted octanol–water partition coefficient (Wildman–Crippen LogP) is 6.97. The van der Waals surface area contributed by atoms with Gasteiger partial charge in [0.05, 0.1) is 32.5 Å². The van der Waals surface area contributed by atoms with Crippen molar-refractivity contribution in [2.75, 3.05) is 12.4 Å². The molecule has 0 radical (unpaired) electrons. The first kappa shape index (κ1) is 31.9. The second kappa shape index (κ2) is 13.7. The van der Waals surface area contributed by atoms with Gasteiger partial charge in [-0.25, -0.2) is 9.38 Å². The fraction of sp³-hybridized carbons (Fsp3) is 0.114. The molecule has 5 aromatic rings. The van der Waals surface area contributed by atoms with Gasteiger partial charge in [0.2, 0.25) is 0 Å². The molecule has 46 heavy (non-hydrogen) atoms. The Hall–Kier alpha value is -4.07. The van der Waals surface area contributed by atoms with Gasteiger partial charge in [-0.2, -0.15) is 0 Å². The van der Waals surface area contributed by atoms with Crippen molar-refractivity contribution in [1.82, 2.24) is 4.57 Å². The van der Waals surface area contributed by atoms with Gasteiger partial charge in [-0.05, 0) is 95.2 Å². The Balaban J connectivity index is 1.47. The Kier molecular flexibility index (Phi) is 9.52. The lowest BCUT2D eigenvalue weighted by Gasteiger charge is -2.25. The number of carbonyl (C=O) groups excluding carboxylic acids is 1. The summed E-state index contributed by atoms with van der Waals surface area (Å²) in [7, 11) is 1.57. The summed E-state index contributed by atoms with van der Waals surface area (Å²) in [5, 5.41) is 2.97. The first-order chi connectivity index (χ1) is 22.2. The van der Waals surface area contributed by atoms with E-state index in [1.54, 1.807) is 48.9 Å². The maximum absolute atomic E-state index is 14.3. The van der Waals surface area contributed by atoms with Crippen LogP contribution in [0.1, 0.15) is 29.7 Å². The molecular formula is C35H26BrFIN3O4S. The van der Waals surface area contributed by atoms with Crippen molar-refractivity contribution in [3.05, 3.63) is 153 Å². The molecule has 0 aliphatic carbocycles. The minimum absolute atomic E-state index is 0.217. The van der Waals surface area contributed by atoms with E-state index in [1.807, 2.05) is 54.6 Å². The normalized spacial score (nSPS) is 14.5. The summed E-state index contributed by atoms with van der Waals surface area (Å²) >= 11 is 7.00. The number of nitrogens with zero attached hydrogens (tertiary/aromatic N) is 2. The second-order valence-electron chi connectivity index (χ2n) is 10.4. The first-order valence-electron chi connectivity index (χ1n) is 14.1. The molecule has 0 saturated heterocycles. The Labute approximate surface area is 290 Å². The van der Waals surface area contributed by atoms with Crippen molar-refractivity contribution in [2.45, 2.75) is 19.6 Å². The van der Waals surface area contributed by atoms with Crippen LogP contribution in [0.15, 0.2) is 117 Å². The van der Waals surface area contributed by atoms with E-state index in [1.165, 1.54) is 23.5 Å². The Morgan fingerprint density at radius 1 is 1.09 bits per heavy atom. The highest BCUT2D eigenvalue weighted by molar-refractivity contribution is 14.1. The standard InChI is InChI=1S/C35H26BrFIN3O4S/c1-20-30(33(42)40-26-8-4-3-5-9-26)31(22-7-6-10-27(16-22)44-2)41-34(43)29(46-35(41)39-20)17-23-15-24(36)18-28(38)32(23)45-19-21-11-13-25(37)14-12-21/h3-18,31H,19H2,1-2H3,(H,40,42)/b29-17-/t31-/m0/s1. The quantitative estimate of drug-likeness (QED) is 0.172. The first-order valence-corrected chi connectivity index (χ1v) is 16.8. The van der Waals surface area contributed by atoms with Crippen LogP contribution in [0.3, 0.4) is 0 Å². The molecule has 2 heterocycles. The molecule has 1 aromatic heterocycles. The number of carbonyl (C=O) groups is 1. The van der Waals surface area contributed by atoms with Crippen molar-refractivity contribution >= 4 is 67.5 Å². The molecule has 1 aliphatic rings. The smallest absolute Gasteiger partial charge is 0.271 e. The summed E-state index contributed by atoms with van der Waals surface area (Å²) in [6.45, 7) is 2.00. The molecule has 11 heteroatoms. The Bertz CT molecular complexity index is 2170. The fourth-order valence-corrected chi connectivity index (χ4v) is 7.92. The van der Waals surface area contributed by atoms with E-state index in [0.717, 1.165) is 13.6 Å². The van der Waals surface area contributed by atoms with Crippen LogP contribution < -0.4 is 29.7 Å². The van der Waals surface area contributed by atoms with Crippen LogP contribution in [0, 0.1) is 9.39 Å². The Morgan fingerprint density at radius 3 is 2.59 bits per heavy atom. The average molecular weight is 810 g/mol. The number of ether oxygens (including phenoxy) is 2. The van der Waals surface area contributed by atoms with Crippen LogP contribution >= 0.6 is 49.9 Å². The van der Waals surface area contributed by atoms with Gasteiger partial charge in [0.25, 0.3) is 11.5 Å². The molecule has 232 valence electrons. The number of allylic oxidation sites excluding steroid dienone is 1. The minimum Gasteiger partial charge on any atom is -0.497 e. The number of anilines is 1. The summed E-state index contributed by atoms with van der Waals surface area (Å²) in [6.07, 6.45) is 1.78. The number of para-hydroxylation sites is 1. The van der Waals surface area contributed by atoms with Crippen LogP contribution in [0.5, 0.6) is 11.5 Å². The van der Waals surface area contributed by atoms with Crippen LogP contribution in [-0.2, 0) is 11.4 Å². The van der Waals surface area contributed by atoms with E-state index in [2.05, 4.69) is 43.8 Å². The highest BCUT2D eigenvalue weighted by Gasteiger charge is 2.33. The maximum atomic E-state index is 14.3. The number of benzene rings is 4. The lowest BCUT2D eigenvalue weighted by molar-refractivity contribution is -0.113. The number of fused-ring (bicyclic) bond motifs is 1. The molecule has 6 rings (SSSR count). The molecule has 0 bridgehead atoms. The second-order valence-corrected chi connectivity index (χ2v) is 13.5. The van der Waals surface area contributed by atoms with Crippen molar-refractivity contribution in [3.8, 4) is 11.5 Å². The van der Waals surface area contributed by atoms with Gasteiger partial charge in [-0.3, -0.25) is 14.2 Å². The summed E-state index contributed by atoms with van der Waals surface area (Å²) < 4.78 is 28.8. The Morgan fingerprint density at radius 2 is 1.85 bits per heavy atom. The van der Waals surface area contributed by atoms with Crippen LogP contribution in [0.2, 0.25) is 0 Å². The number of nitrogens with one attached hydrogen (secondary N) is 1. The van der Waals surface area contributed by atoms with Crippen molar-refractivity contribution < 1.29 is 18.7 Å². The van der Waals surface area contributed by atoms with E-state index < -0.39 is 6.04 Å². The molecular weight excluding hydrogens is 784 g/mol. The summed E-state index contributed by atoms with van der Waals surface area (Å²) in [5.74, 6) is 0.514. The maximum Gasteiger partial charge on any atom is 0.271 e. The molecule has 1 atom stereocenters. The number of hydrogen-bond donors (Lipinski definition) is 1. The third kappa shape index (κ3) is 6.72. The third-order valence-corrected chi connectivity index (χ3v) is 9.57. The number of rotatable bonds is 8. The van der Waals surface area contributed by atoms with Gasteiger partial charge in [0.15, 0.2) is 4.80 Å². The number of halogens is 3. The highest BCUT2D eigenvalue weighted by atomic mass is 127. The van der Waals surface area contributed by atoms with E-state index in [4.69, 9.17) is 14.5 Å². The van der Waals surface area contributed by atoms with Crippen molar-refractivity contribution in [1.29, 1.82) is 0 Å². The van der Waals surface area contributed by atoms with Gasteiger partial charge in [-0.1, -0.05) is 69.7 Å². The number of aromatic nitrogens is 1.